The third-order valence-corrected chi connectivity index (χ3v) is 8.05. The van der Waals surface area contributed by atoms with Crippen LogP contribution >= 0.6 is 0 Å². The number of likely N-dealkylation sites (tertiary alicyclic amines) is 1. The Morgan fingerprint density at radius 2 is 1.67 bits per heavy atom. The lowest BCUT2D eigenvalue weighted by Crippen LogP contribution is -2.46. The Kier molecular flexibility index (Phi) is 6.43. The van der Waals surface area contributed by atoms with Crippen molar-refractivity contribution < 1.29 is 17.9 Å². The molecule has 0 N–H and O–H groups in total. The molecule has 4 rings (SSSR count). The highest BCUT2D eigenvalue weighted by molar-refractivity contribution is 7.89. The summed E-state index contributed by atoms with van der Waals surface area (Å²) in [6.45, 7) is 5.12. The second kappa shape index (κ2) is 9.06. The van der Waals surface area contributed by atoms with Crippen LogP contribution < -0.4 is 4.74 Å². The average Bonchev–Trinajstić information content (AvgIpc) is 3.24. The topological polar surface area (TPSA) is 59.1 Å². The van der Waals surface area contributed by atoms with Crippen molar-refractivity contribution in [1.82, 2.24) is 9.21 Å². The van der Waals surface area contributed by atoms with Crippen molar-refractivity contribution >= 4 is 10.0 Å². The van der Waals surface area contributed by atoms with Gasteiger partial charge in [-0.2, -0.15) is 4.31 Å². The van der Waals surface area contributed by atoms with E-state index in [-0.39, 0.29) is 0 Å². The fourth-order valence-electron chi connectivity index (χ4n) is 4.37. The van der Waals surface area contributed by atoms with Gasteiger partial charge in [-0.1, -0.05) is 12.1 Å². The van der Waals surface area contributed by atoms with Crippen molar-refractivity contribution in [1.29, 1.82) is 0 Å². The molecule has 2 heterocycles. The van der Waals surface area contributed by atoms with Gasteiger partial charge in [-0.3, -0.25) is 4.90 Å². The summed E-state index contributed by atoms with van der Waals surface area (Å²) in [7, 11) is -1.72. The zero-order chi connectivity index (χ0) is 21.1. The molecule has 1 atom stereocenters. The zero-order valence-electron chi connectivity index (χ0n) is 17.7. The summed E-state index contributed by atoms with van der Waals surface area (Å²) in [4.78, 5) is 2.77. The van der Waals surface area contributed by atoms with Gasteiger partial charge in [0.2, 0.25) is 10.0 Å². The Balaban J connectivity index is 1.37. The highest BCUT2D eigenvalue weighted by Crippen LogP contribution is 2.28. The molecule has 2 aromatic carbocycles. The molecule has 0 radical (unpaired) electrons. The Labute approximate surface area is 179 Å². The molecule has 0 spiro atoms. The van der Waals surface area contributed by atoms with Crippen molar-refractivity contribution in [3.8, 4) is 11.5 Å². The summed E-state index contributed by atoms with van der Waals surface area (Å²) >= 11 is 0. The molecule has 7 heteroatoms. The molecule has 1 unspecified atom stereocenters. The third kappa shape index (κ3) is 4.70. The Bertz CT molecular complexity index is 953. The summed E-state index contributed by atoms with van der Waals surface area (Å²) < 4.78 is 39.1. The smallest absolute Gasteiger partial charge is 0.243 e. The average molecular weight is 431 g/mol. The number of nitrogens with zero attached hydrogens (tertiary/aromatic N) is 2. The lowest BCUT2D eigenvalue weighted by atomic mass is 10.1. The lowest BCUT2D eigenvalue weighted by Gasteiger charge is -2.36. The number of aryl methyl sites for hydroxylation is 1. The van der Waals surface area contributed by atoms with Crippen LogP contribution in [0.5, 0.6) is 11.5 Å². The number of ether oxygens (including phenoxy) is 2. The first-order valence-corrected chi connectivity index (χ1v) is 12.0. The Morgan fingerprint density at radius 3 is 2.30 bits per heavy atom. The molecular formula is C23H30N2O4S. The van der Waals surface area contributed by atoms with Crippen LogP contribution in [0.25, 0.3) is 0 Å². The van der Waals surface area contributed by atoms with Crippen LogP contribution in [0.1, 0.15) is 24.8 Å². The fourth-order valence-corrected chi connectivity index (χ4v) is 5.84. The number of piperidine rings is 1. The number of hydrogen-bond donors (Lipinski definition) is 0. The lowest BCUT2D eigenvalue weighted by molar-refractivity contribution is 0.0925. The molecule has 2 fully saturated rings. The normalized spacial score (nSPS) is 21.7. The van der Waals surface area contributed by atoms with Crippen molar-refractivity contribution in [3.63, 3.8) is 0 Å². The molecule has 0 saturated carbocycles. The van der Waals surface area contributed by atoms with Gasteiger partial charge in [0.15, 0.2) is 0 Å². The van der Waals surface area contributed by atoms with Crippen LogP contribution in [0.4, 0.5) is 0 Å². The van der Waals surface area contributed by atoms with Crippen LogP contribution in [-0.4, -0.2) is 63.1 Å². The number of hydrogen-bond acceptors (Lipinski definition) is 5. The molecule has 2 aliphatic heterocycles. The van der Waals surface area contributed by atoms with Crippen molar-refractivity contribution in [2.75, 3.05) is 33.3 Å². The van der Waals surface area contributed by atoms with Gasteiger partial charge in [0.05, 0.1) is 11.0 Å². The predicted molar refractivity (Wildman–Crippen MR) is 116 cm³/mol. The summed E-state index contributed by atoms with van der Waals surface area (Å²) in [5, 5.41) is 0. The zero-order valence-corrected chi connectivity index (χ0v) is 18.5. The van der Waals surface area contributed by atoms with Gasteiger partial charge in [0, 0.05) is 39.3 Å². The number of sulfonamides is 1. The summed E-state index contributed by atoms with van der Waals surface area (Å²) in [5.74, 6) is 1.37. The Hall–Kier alpha value is -1.93. The van der Waals surface area contributed by atoms with Gasteiger partial charge in [0.1, 0.15) is 11.5 Å². The van der Waals surface area contributed by atoms with Crippen molar-refractivity contribution in [2.45, 2.75) is 43.2 Å². The maximum Gasteiger partial charge on any atom is 0.243 e. The third-order valence-electron chi connectivity index (χ3n) is 6.14. The summed E-state index contributed by atoms with van der Waals surface area (Å²) in [5.41, 5.74) is 1.11. The second-order valence-corrected chi connectivity index (χ2v) is 10.1. The number of rotatable bonds is 6. The first-order chi connectivity index (χ1) is 14.5. The minimum Gasteiger partial charge on any atom is -0.457 e. The standard InChI is InChI=1S/C23H30N2O4S/c1-18-4-3-5-21(16-18)29-20-6-8-23(9-7-20)30(26,27)25-14-10-19(11-15-25)24-13-12-22(17-24)28-2/h3-9,16,19,22H,10-15,17H2,1-2H3. The predicted octanol–water partition coefficient (Wildman–Crippen LogP) is 3.66. The van der Waals surface area contributed by atoms with Gasteiger partial charge in [0.25, 0.3) is 0 Å². The first-order valence-electron chi connectivity index (χ1n) is 10.6. The van der Waals surface area contributed by atoms with Crippen LogP contribution in [0.15, 0.2) is 53.4 Å². The molecular weight excluding hydrogens is 400 g/mol. The van der Waals surface area contributed by atoms with Gasteiger partial charge in [-0.15, -0.1) is 0 Å². The first kappa shape index (κ1) is 21.3. The molecule has 0 aromatic heterocycles. The fraction of sp³-hybridized carbons (Fsp3) is 0.478. The van der Waals surface area contributed by atoms with Gasteiger partial charge in [-0.05, 0) is 68.1 Å². The van der Waals surface area contributed by atoms with Crippen LogP contribution in [0.3, 0.4) is 0 Å². The van der Waals surface area contributed by atoms with E-state index in [0.717, 1.165) is 43.7 Å². The van der Waals surface area contributed by atoms with Crippen molar-refractivity contribution in [3.05, 3.63) is 54.1 Å². The number of benzene rings is 2. The van der Waals surface area contributed by atoms with Gasteiger partial charge >= 0.3 is 0 Å². The maximum absolute atomic E-state index is 13.1. The van der Waals surface area contributed by atoms with E-state index in [0.29, 0.717) is 35.9 Å². The van der Waals surface area contributed by atoms with E-state index in [9.17, 15) is 8.42 Å². The van der Waals surface area contributed by atoms with Gasteiger partial charge < -0.3 is 9.47 Å². The molecule has 2 aromatic rings. The van der Waals surface area contributed by atoms with Crippen molar-refractivity contribution in [2.24, 2.45) is 0 Å². The van der Waals surface area contributed by atoms with E-state index in [1.54, 1.807) is 35.7 Å². The molecule has 0 aliphatic carbocycles. The quantitative estimate of drug-likeness (QED) is 0.700. The molecule has 2 saturated heterocycles. The molecule has 2 aliphatic rings. The van der Waals surface area contributed by atoms with Crippen LogP contribution in [0.2, 0.25) is 0 Å². The minimum atomic E-state index is -3.49. The minimum absolute atomic E-state index is 0.312. The molecule has 30 heavy (non-hydrogen) atoms. The van der Waals surface area contributed by atoms with E-state index in [1.807, 2.05) is 31.2 Å². The second-order valence-electron chi connectivity index (χ2n) is 8.17. The molecule has 162 valence electrons. The summed E-state index contributed by atoms with van der Waals surface area (Å²) in [6, 6.07) is 14.9. The largest absolute Gasteiger partial charge is 0.457 e. The van der Waals surface area contributed by atoms with Gasteiger partial charge in [-0.25, -0.2) is 8.42 Å². The molecule has 6 nitrogen and oxygen atoms in total. The van der Waals surface area contributed by atoms with E-state index in [4.69, 9.17) is 9.47 Å². The maximum atomic E-state index is 13.1. The van der Waals surface area contributed by atoms with E-state index < -0.39 is 10.0 Å². The van der Waals surface area contributed by atoms with Crippen LogP contribution in [-0.2, 0) is 14.8 Å². The molecule has 0 amide bonds. The van der Waals surface area contributed by atoms with Crippen LogP contribution in [0, 0.1) is 6.92 Å². The molecule has 0 bridgehead atoms. The SMILES string of the molecule is COC1CCN(C2CCN(S(=O)(=O)c3ccc(Oc4cccc(C)c4)cc3)CC2)C1. The summed E-state index contributed by atoms with van der Waals surface area (Å²) in [6.07, 6.45) is 3.10. The van der Waals surface area contributed by atoms with E-state index >= 15 is 0 Å². The van der Waals surface area contributed by atoms with E-state index in [1.165, 1.54) is 0 Å². The highest BCUT2D eigenvalue weighted by atomic mass is 32.2. The highest BCUT2D eigenvalue weighted by Gasteiger charge is 2.34. The monoisotopic (exact) mass is 430 g/mol. The Morgan fingerprint density at radius 1 is 0.933 bits per heavy atom. The number of methoxy groups -OCH3 is 1. The van der Waals surface area contributed by atoms with E-state index in [2.05, 4.69) is 4.90 Å².